The zero-order valence-electron chi connectivity index (χ0n) is 13.1. The SMILES string of the molecule is OCCC(OCc1ccccc1)C1(c2cccc(F)c2)OC=CO1. The quantitative estimate of drug-likeness (QED) is 0.844. The Bertz CT molecular complexity index is 679. The molecule has 1 atom stereocenters. The van der Waals surface area contributed by atoms with E-state index in [1.165, 1.54) is 24.7 Å². The van der Waals surface area contributed by atoms with Crippen LogP contribution in [0.1, 0.15) is 17.5 Å². The van der Waals surface area contributed by atoms with Crippen molar-refractivity contribution in [2.24, 2.45) is 0 Å². The minimum absolute atomic E-state index is 0.108. The van der Waals surface area contributed by atoms with Gasteiger partial charge in [-0.2, -0.15) is 0 Å². The second-order valence-electron chi connectivity index (χ2n) is 5.48. The first-order valence-corrected chi connectivity index (χ1v) is 7.78. The first kappa shape index (κ1) is 16.5. The summed E-state index contributed by atoms with van der Waals surface area (Å²) in [5, 5.41) is 9.42. The molecule has 0 saturated carbocycles. The van der Waals surface area contributed by atoms with Gasteiger partial charge in [0.05, 0.1) is 6.61 Å². The predicted molar refractivity (Wildman–Crippen MR) is 86.1 cm³/mol. The Morgan fingerprint density at radius 3 is 2.46 bits per heavy atom. The van der Waals surface area contributed by atoms with Crippen molar-refractivity contribution in [3.05, 3.63) is 84.1 Å². The second kappa shape index (κ2) is 7.47. The molecular weight excluding hydrogens is 311 g/mol. The van der Waals surface area contributed by atoms with Crippen molar-refractivity contribution < 1.29 is 23.7 Å². The predicted octanol–water partition coefficient (Wildman–Crippen LogP) is 3.46. The van der Waals surface area contributed by atoms with Crippen LogP contribution in [0.5, 0.6) is 0 Å². The summed E-state index contributed by atoms with van der Waals surface area (Å²) in [5.41, 5.74) is 1.49. The van der Waals surface area contributed by atoms with Crippen molar-refractivity contribution in [3.63, 3.8) is 0 Å². The Morgan fingerprint density at radius 2 is 1.79 bits per heavy atom. The van der Waals surface area contributed by atoms with E-state index in [4.69, 9.17) is 14.2 Å². The number of rotatable bonds is 7. The topological polar surface area (TPSA) is 47.9 Å². The van der Waals surface area contributed by atoms with Gasteiger partial charge >= 0.3 is 5.79 Å². The molecule has 0 radical (unpaired) electrons. The summed E-state index contributed by atoms with van der Waals surface area (Å²) < 4.78 is 31.0. The van der Waals surface area contributed by atoms with Crippen molar-refractivity contribution in [1.29, 1.82) is 0 Å². The summed E-state index contributed by atoms with van der Waals surface area (Å²) >= 11 is 0. The highest BCUT2D eigenvalue weighted by Gasteiger charge is 2.47. The number of hydrogen-bond donors (Lipinski definition) is 1. The molecule has 4 nitrogen and oxygen atoms in total. The third-order valence-corrected chi connectivity index (χ3v) is 3.88. The van der Waals surface area contributed by atoms with Crippen molar-refractivity contribution in [2.75, 3.05) is 6.61 Å². The van der Waals surface area contributed by atoms with Gasteiger partial charge in [0.1, 0.15) is 24.4 Å². The molecule has 3 rings (SSSR count). The zero-order chi connectivity index (χ0) is 16.8. The number of hydrogen-bond acceptors (Lipinski definition) is 4. The Kier molecular flexibility index (Phi) is 5.13. The summed E-state index contributed by atoms with van der Waals surface area (Å²) in [6.45, 7) is 0.221. The lowest BCUT2D eigenvalue weighted by Gasteiger charge is -2.35. The first-order chi connectivity index (χ1) is 11.7. The van der Waals surface area contributed by atoms with Crippen LogP contribution in [0.3, 0.4) is 0 Å². The van der Waals surface area contributed by atoms with Gasteiger partial charge in [-0.05, 0) is 17.7 Å². The molecule has 0 aliphatic carbocycles. The van der Waals surface area contributed by atoms with E-state index in [1.54, 1.807) is 12.1 Å². The fourth-order valence-corrected chi connectivity index (χ4v) is 2.74. The van der Waals surface area contributed by atoms with E-state index in [2.05, 4.69) is 0 Å². The van der Waals surface area contributed by atoms with Crippen LogP contribution < -0.4 is 0 Å². The summed E-state index contributed by atoms with van der Waals surface area (Å²) in [6.07, 6.45) is 2.48. The van der Waals surface area contributed by atoms with Gasteiger partial charge in [0.2, 0.25) is 0 Å². The van der Waals surface area contributed by atoms with Gasteiger partial charge in [0.15, 0.2) is 0 Å². The van der Waals surface area contributed by atoms with Crippen LogP contribution in [0.15, 0.2) is 67.1 Å². The lowest BCUT2D eigenvalue weighted by atomic mass is 9.97. The molecule has 2 aromatic rings. The van der Waals surface area contributed by atoms with E-state index < -0.39 is 17.7 Å². The Labute approximate surface area is 140 Å². The highest BCUT2D eigenvalue weighted by atomic mass is 19.1. The molecule has 0 spiro atoms. The van der Waals surface area contributed by atoms with Crippen LogP contribution in [-0.4, -0.2) is 17.8 Å². The summed E-state index contributed by atoms with van der Waals surface area (Å²) in [5.74, 6) is -1.70. The fourth-order valence-electron chi connectivity index (χ4n) is 2.74. The van der Waals surface area contributed by atoms with Crippen LogP contribution in [-0.2, 0) is 26.6 Å². The van der Waals surface area contributed by atoms with E-state index in [9.17, 15) is 9.50 Å². The van der Waals surface area contributed by atoms with Gasteiger partial charge in [-0.15, -0.1) is 0 Å². The summed E-state index contributed by atoms with van der Waals surface area (Å²) in [7, 11) is 0. The molecule has 0 fully saturated rings. The average Bonchev–Trinajstić information content (AvgIpc) is 3.10. The summed E-state index contributed by atoms with van der Waals surface area (Å²) in [4.78, 5) is 0. The Balaban J connectivity index is 1.85. The number of aliphatic hydroxyl groups is 1. The number of ether oxygens (including phenoxy) is 3. The molecule has 1 N–H and O–H groups in total. The van der Waals surface area contributed by atoms with Gasteiger partial charge in [-0.25, -0.2) is 4.39 Å². The molecule has 126 valence electrons. The van der Waals surface area contributed by atoms with Gasteiger partial charge in [0.25, 0.3) is 0 Å². The smallest absolute Gasteiger partial charge is 0.303 e. The third kappa shape index (κ3) is 3.42. The summed E-state index contributed by atoms with van der Waals surface area (Å²) in [6, 6.07) is 15.7. The maximum Gasteiger partial charge on any atom is 0.303 e. The minimum atomic E-state index is -1.31. The third-order valence-electron chi connectivity index (χ3n) is 3.88. The molecule has 24 heavy (non-hydrogen) atoms. The molecule has 0 bridgehead atoms. The van der Waals surface area contributed by atoms with E-state index in [1.807, 2.05) is 30.3 Å². The molecule has 0 saturated heterocycles. The van der Waals surface area contributed by atoms with Crippen molar-refractivity contribution in [3.8, 4) is 0 Å². The van der Waals surface area contributed by atoms with Crippen LogP contribution in [0.2, 0.25) is 0 Å². The molecule has 2 aromatic carbocycles. The molecule has 0 aromatic heterocycles. The molecule has 1 aliphatic heterocycles. The molecule has 5 heteroatoms. The van der Waals surface area contributed by atoms with Crippen LogP contribution in [0.25, 0.3) is 0 Å². The van der Waals surface area contributed by atoms with E-state index in [0.29, 0.717) is 12.2 Å². The van der Waals surface area contributed by atoms with E-state index in [0.717, 1.165) is 5.56 Å². The molecule has 1 aliphatic rings. The lowest BCUT2D eigenvalue weighted by molar-refractivity contribution is -0.238. The second-order valence-corrected chi connectivity index (χ2v) is 5.48. The molecular formula is C19H19FO4. The maximum atomic E-state index is 13.7. The highest BCUT2D eigenvalue weighted by Crippen LogP contribution is 2.39. The number of halogens is 1. The van der Waals surface area contributed by atoms with E-state index in [-0.39, 0.29) is 13.0 Å². The lowest BCUT2D eigenvalue weighted by Crippen LogP contribution is -2.43. The zero-order valence-corrected chi connectivity index (χ0v) is 13.1. The van der Waals surface area contributed by atoms with Crippen molar-refractivity contribution in [1.82, 2.24) is 0 Å². The maximum absolute atomic E-state index is 13.7. The number of aliphatic hydroxyl groups excluding tert-OH is 1. The normalized spacial score (nSPS) is 16.4. The highest BCUT2D eigenvalue weighted by molar-refractivity contribution is 5.25. The minimum Gasteiger partial charge on any atom is -0.451 e. The van der Waals surface area contributed by atoms with Gasteiger partial charge in [-0.3, -0.25) is 0 Å². The number of benzene rings is 2. The van der Waals surface area contributed by atoms with Crippen LogP contribution in [0.4, 0.5) is 4.39 Å². The molecule has 0 amide bonds. The van der Waals surface area contributed by atoms with Gasteiger partial charge < -0.3 is 19.3 Å². The fraction of sp³-hybridized carbons (Fsp3) is 0.263. The monoisotopic (exact) mass is 330 g/mol. The van der Waals surface area contributed by atoms with E-state index >= 15 is 0 Å². The van der Waals surface area contributed by atoms with Crippen LogP contribution in [0, 0.1) is 5.82 Å². The van der Waals surface area contributed by atoms with Crippen LogP contribution >= 0.6 is 0 Å². The average molecular weight is 330 g/mol. The standard InChI is InChI=1S/C19H19FO4/c20-17-8-4-7-16(13-17)19(23-11-12-24-19)18(9-10-21)22-14-15-5-2-1-3-6-15/h1-8,11-13,18,21H,9-10,14H2. The first-order valence-electron chi connectivity index (χ1n) is 7.78. The molecule has 1 unspecified atom stereocenters. The van der Waals surface area contributed by atoms with Crippen molar-refractivity contribution >= 4 is 0 Å². The molecule has 1 heterocycles. The van der Waals surface area contributed by atoms with Gasteiger partial charge in [0, 0.05) is 18.6 Å². The Morgan fingerprint density at radius 1 is 1.04 bits per heavy atom. The van der Waals surface area contributed by atoms with Gasteiger partial charge in [-0.1, -0.05) is 42.5 Å². The van der Waals surface area contributed by atoms with Crippen molar-refractivity contribution in [2.45, 2.75) is 24.9 Å². The Hall–Kier alpha value is -2.37. The largest absolute Gasteiger partial charge is 0.451 e.